The summed E-state index contributed by atoms with van der Waals surface area (Å²) in [4.78, 5) is 41.2. The van der Waals surface area contributed by atoms with Crippen LogP contribution in [0.2, 0.25) is 0 Å². The number of aryl methyl sites for hydroxylation is 1. The first-order chi connectivity index (χ1) is 13.4. The van der Waals surface area contributed by atoms with Gasteiger partial charge in [0.2, 0.25) is 5.91 Å². The monoisotopic (exact) mass is 433 g/mol. The number of hydrogen-bond donors (Lipinski definition) is 2. The second kappa shape index (κ2) is 8.68. The van der Waals surface area contributed by atoms with Gasteiger partial charge in [0, 0.05) is 9.75 Å². The van der Waals surface area contributed by atoms with Crippen molar-refractivity contribution in [1.82, 2.24) is 4.90 Å². The maximum absolute atomic E-state index is 12.8. The molecule has 0 spiro atoms. The van der Waals surface area contributed by atoms with Crippen molar-refractivity contribution in [3.05, 3.63) is 60.8 Å². The van der Waals surface area contributed by atoms with E-state index in [1.54, 1.807) is 19.1 Å². The topological polar surface area (TPSA) is 92.5 Å². The summed E-state index contributed by atoms with van der Waals surface area (Å²) in [5.74, 6) is -1.15. The van der Waals surface area contributed by atoms with E-state index in [1.807, 2.05) is 29.8 Å². The molecule has 3 heterocycles. The molecule has 6 nitrogen and oxygen atoms in total. The first-order valence-electron chi connectivity index (χ1n) is 8.41. The van der Waals surface area contributed by atoms with Crippen molar-refractivity contribution >= 4 is 56.7 Å². The fourth-order valence-corrected chi connectivity index (χ4v) is 5.19. The van der Waals surface area contributed by atoms with E-state index in [0.717, 1.165) is 15.3 Å². The molecule has 28 heavy (non-hydrogen) atoms. The van der Waals surface area contributed by atoms with Gasteiger partial charge in [0.25, 0.3) is 11.8 Å². The molecule has 3 N–H and O–H groups in total. The van der Waals surface area contributed by atoms with E-state index in [9.17, 15) is 14.4 Å². The van der Waals surface area contributed by atoms with E-state index >= 15 is 0 Å². The zero-order chi connectivity index (χ0) is 20.3. The molecule has 3 rings (SSSR count). The zero-order valence-corrected chi connectivity index (χ0v) is 17.8. The highest BCUT2D eigenvalue weighted by Gasteiger charge is 2.23. The largest absolute Gasteiger partial charge is 0.365 e. The molecule has 0 bridgehead atoms. The molecule has 0 aliphatic heterocycles. The fraction of sp³-hybridized carbons (Fsp3) is 0.211. The maximum Gasteiger partial charge on any atom is 0.264 e. The average molecular weight is 434 g/mol. The number of nitrogens with zero attached hydrogens (tertiary/aromatic N) is 1. The Kier molecular flexibility index (Phi) is 6.28. The zero-order valence-electron chi connectivity index (χ0n) is 15.4. The van der Waals surface area contributed by atoms with Gasteiger partial charge >= 0.3 is 0 Å². The predicted octanol–water partition coefficient (Wildman–Crippen LogP) is 3.87. The van der Waals surface area contributed by atoms with Gasteiger partial charge < -0.3 is 16.0 Å². The minimum absolute atomic E-state index is 0.122. The summed E-state index contributed by atoms with van der Waals surface area (Å²) in [7, 11) is 0. The maximum atomic E-state index is 12.8. The lowest BCUT2D eigenvalue weighted by molar-refractivity contribution is -0.117. The molecular formula is C19H19N3O3S3. The van der Waals surface area contributed by atoms with Crippen LogP contribution in [0, 0.1) is 13.8 Å². The minimum atomic E-state index is -0.581. The highest BCUT2D eigenvalue weighted by molar-refractivity contribution is 7.16. The van der Waals surface area contributed by atoms with Crippen LogP contribution in [0.25, 0.3) is 0 Å². The number of thiophene rings is 3. The van der Waals surface area contributed by atoms with Crippen molar-refractivity contribution in [2.45, 2.75) is 20.4 Å². The minimum Gasteiger partial charge on any atom is -0.365 e. The average Bonchev–Trinajstić information content (AvgIpc) is 3.37. The Morgan fingerprint density at radius 2 is 1.82 bits per heavy atom. The summed E-state index contributed by atoms with van der Waals surface area (Å²) in [6.07, 6.45) is 0. The van der Waals surface area contributed by atoms with E-state index in [1.165, 1.54) is 38.9 Å². The lowest BCUT2D eigenvalue weighted by Crippen LogP contribution is -2.37. The van der Waals surface area contributed by atoms with Gasteiger partial charge in [0.1, 0.15) is 11.5 Å². The van der Waals surface area contributed by atoms with Crippen molar-refractivity contribution in [2.75, 3.05) is 11.9 Å². The summed E-state index contributed by atoms with van der Waals surface area (Å²) < 4.78 is 0. The van der Waals surface area contributed by atoms with E-state index in [-0.39, 0.29) is 18.4 Å². The number of rotatable bonds is 7. The molecule has 146 valence electrons. The highest BCUT2D eigenvalue weighted by atomic mass is 32.1. The lowest BCUT2D eigenvalue weighted by Gasteiger charge is -2.21. The molecule has 3 aromatic heterocycles. The second-order valence-corrected chi connectivity index (χ2v) is 9.32. The Bertz CT molecular complexity index is 991. The van der Waals surface area contributed by atoms with Crippen LogP contribution in [0.3, 0.4) is 0 Å². The molecule has 0 atom stereocenters. The van der Waals surface area contributed by atoms with Crippen molar-refractivity contribution in [3.8, 4) is 0 Å². The third-order valence-electron chi connectivity index (χ3n) is 4.17. The SMILES string of the molecule is Cc1sc(NC(=O)CN(Cc2cccs2)C(=O)c2cccs2)c(C(N)=O)c1C. The molecule has 0 aliphatic carbocycles. The molecule has 0 aliphatic rings. The van der Waals surface area contributed by atoms with Crippen molar-refractivity contribution in [2.24, 2.45) is 5.73 Å². The fourth-order valence-electron chi connectivity index (χ4n) is 2.70. The molecule has 0 fully saturated rings. The Morgan fingerprint density at radius 1 is 1.11 bits per heavy atom. The standard InChI is InChI=1S/C19H19N3O3S3/c1-11-12(2)28-18(16(11)17(20)24)21-15(23)10-22(9-13-5-3-7-26-13)19(25)14-6-4-8-27-14/h3-8H,9-10H2,1-2H3,(H2,20,24)(H,21,23). The van der Waals surface area contributed by atoms with Crippen LogP contribution in [-0.4, -0.2) is 29.2 Å². The second-order valence-electron chi connectivity index (χ2n) is 6.12. The number of carbonyl (C=O) groups excluding carboxylic acids is 3. The summed E-state index contributed by atoms with van der Waals surface area (Å²) in [6, 6.07) is 7.37. The van der Waals surface area contributed by atoms with Gasteiger partial charge in [-0.1, -0.05) is 12.1 Å². The van der Waals surface area contributed by atoms with Crippen molar-refractivity contribution in [1.29, 1.82) is 0 Å². The number of nitrogens with two attached hydrogens (primary N) is 1. The Hall–Kier alpha value is -2.49. The molecule has 0 aromatic carbocycles. The Balaban J connectivity index is 1.79. The van der Waals surface area contributed by atoms with Crippen LogP contribution in [0.1, 0.15) is 35.3 Å². The predicted molar refractivity (Wildman–Crippen MR) is 114 cm³/mol. The smallest absolute Gasteiger partial charge is 0.264 e. The molecule has 0 unspecified atom stereocenters. The first kappa shape index (κ1) is 20.2. The third-order valence-corrected chi connectivity index (χ3v) is 7.01. The van der Waals surface area contributed by atoms with Crippen molar-refractivity contribution in [3.63, 3.8) is 0 Å². The molecular weight excluding hydrogens is 414 g/mol. The van der Waals surface area contributed by atoms with Crippen LogP contribution in [0.4, 0.5) is 5.00 Å². The Morgan fingerprint density at radius 3 is 2.43 bits per heavy atom. The number of carbonyl (C=O) groups is 3. The van der Waals surface area contributed by atoms with Gasteiger partial charge in [0.15, 0.2) is 0 Å². The summed E-state index contributed by atoms with van der Waals surface area (Å²) >= 11 is 4.17. The van der Waals surface area contributed by atoms with Gasteiger partial charge in [-0.25, -0.2) is 0 Å². The summed E-state index contributed by atoms with van der Waals surface area (Å²) in [6.45, 7) is 3.88. The summed E-state index contributed by atoms with van der Waals surface area (Å²) in [5.41, 5.74) is 6.55. The van der Waals surface area contributed by atoms with E-state index in [4.69, 9.17) is 5.73 Å². The third kappa shape index (κ3) is 4.49. The van der Waals surface area contributed by atoms with Crippen LogP contribution in [0.15, 0.2) is 35.0 Å². The highest BCUT2D eigenvalue weighted by Crippen LogP contribution is 2.32. The number of nitrogens with one attached hydrogen (secondary N) is 1. The van der Waals surface area contributed by atoms with Crippen LogP contribution < -0.4 is 11.1 Å². The van der Waals surface area contributed by atoms with E-state index < -0.39 is 5.91 Å². The lowest BCUT2D eigenvalue weighted by atomic mass is 10.1. The van der Waals surface area contributed by atoms with E-state index in [0.29, 0.717) is 22.0 Å². The van der Waals surface area contributed by atoms with Crippen LogP contribution >= 0.6 is 34.0 Å². The van der Waals surface area contributed by atoms with Crippen LogP contribution in [0.5, 0.6) is 0 Å². The van der Waals surface area contributed by atoms with Gasteiger partial charge in [-0.3, -0.25) is 14.4 Å². The molecule has 0 saturated carbocycles. The normalized spacial score (nSPS) is 10.6. The molecule has 0 saturated heterocycles. The Labute approximate surface area is 174 Å². The van der Waals surface area contributed by atoms with Gasteiger partial charge in [0.05, 0.1) is 17.0 Å². The van der Waals surface area contributed by atoms with Gasteiger partial charge in [-0.2, -0.15) is 0 Å². The number of hydrogen-bond acceptors (Lipinski definition) is 6. The van der Waals surface area contributed by atoms with Crippen molar-refractivity contribution < 1.29 is 14.4 Å². The van der Waals surface area contributed by atoms with E-state index in [2.05, 4.69) is 5.32 Å². The van der Waals surface area contributed by atoms with Gasteiger partial charge in [-0.15, -0.1) is 34.0 Å². The number of amides is 3. The summed E-state index contributed by atoms with van der Waals surface area (Å²) in [5, 5.41) is 6.94. The molecule has 0 radical (unpaired) electrons. The molecule has 3 aromatic rings. The quantitative estimate of drug-likeness (QED) is 0.592. The number of primary amides is 1. The van der Waals surface area contributed by atoms with Gasteiger partial charge in [-0.05, 0) is 42.3 Å². The first-order valence-corrected chi connectivity index (χ1v) is 11.0. The van der Waals surface area contributed by atoms with Crippen LogP contribution in [-0.2, 0) is 11.3 Å². The molecule has 3 amide bonds. The number of anilines is 1. The molecule has 9 heteroatoms.